The Labute approximate surface area is 118 Å². The summed E-state index contributed by atoms with van der Waals surface area (Å²) in [5, 5.41) is 11.9. The van der Waals surface area contributed by atoms with Crippen molar-refractivity contribution in [2.24, 2.45) is 0 Å². The van der Waals surface area contributed by atoms with Crippen molar-refractivity contribution in [3.63, 3.8) is 0 Å². The van der Waals surface area contributed by atoms with E-state index in [1.54, 1.807) is 25.1 Å². The quantitative estimate of drug-likeness (QED) is 0.732. The van der Waals surface area contributed by atoms with Crippen LogP contribution < -0.4 is 14.8 Å². The standard InChI is InChI=1S/C15H19NO4/c1-4-9-16-15(18)11(3)20-14-12(10-17)7-6-8-13(14)19-5-2/h1,6-8,11,17H,5,9-10H2,2-3H3,(H,16,18). The third kappa shape index (κ3) is 4.18. The second-order valence-electron chi connectivity index (χ2n) is 4.02. The second kappa shape index (κ2) is 8.08. The Morgan fingerprint density at radius 1 is 1.55 bits per heavy atom. The molecule has 1 atom stereocenters. The fraction of sp³-hybridized carbons (Fsp3) is 0.400. The molecule has 20 heavy (non-hydrogen) atoms. The number of terminal acetylenes is 1. The Kier molecular flexibility index (Phi) is 6.41. The van der Waals surface area contributed by atoms with E-state index in [1.807, 2.05) is 6.92 Å². The first kappa shape index (κ1) is 15.9. The number of benzene rings is 1. The van der Waals surface area contributed by atoms with Gasteiger partial charge < -0.3 is 19.9 Å². The smallest absolute Gasteiger partial charge is 0.261 e. The summed E-state index contributed by atoms with van der Waals surface area (Å²) < 4.78 is 11.1. The number of rotatable bonds is 7. The molecule has 0 aliphatic carbocycles. The minimum absolute atomic E-state index is 0.145. The molecule has 1 aromatic rings. The van der Waals surface area contributed by atoms with Gasteiger partial charge in [0.1, 0.15) is 0 Å². The number of nitrogens with one attached hydrogen (secondary N) is 1. The molecule has 1 unspecified atom stereocenters. The lowest BCUT2D eigenvalue weighted by Gasteiger charge is -2.19. The highest BCUT2D eigenvalue weighted by molar-refractivity contribution is 5.81. The minimum Gasteiger partial charge on any atom is -0.490 e. The van der Waals surface area contributed by atoms with E-state index in [2.05, 4.69) is 11.2 Å². The summed E-state index contributed by atoms with van der Waals surface area (Å²) in [5.41, 5.74) is 0.563. The van der Waals surface area contributed by atoms with E-state index in [9.17, 15) is 9.90 Å². The monoisotopic (exact) mass is 277 g/mol. The van der Waals surface area contributed by atoms with Gasteiger partial charge in [-0.25, -0.2) is 0 Å². The van der Waals surface area contributed by atoms with Gasteiger partial charge in [0.15, 0.2) is 17.6 Å². The number of amides is 1. The van der Waals surface area contributed by atoms with Crippen LogP contribution in [0.15, 0.2) is 18.2 Å². The Hall–Kier alpha value is -2.19. The maximum Gasteiger partial charge on any atom is 0.261 e. The van der Waals surface area contributed by atoms with Gasteiger partial charge in [0.05, 0.1) is 19.8 Å². The minimum atomic E-state index is -0.741. The zero-order chi connectivity index (χ0) is 15.0. The molecule has 0 aliphatic heterocycles. The number of ether oxygens (including phenoxy) is 2. The van der Waals surface area contributed by atoms with Crippen LogP contribution in [0.2, 0.25) is 0 Å². The molecule has 0 heterocycles. The summed E-state index contributed by atoms with van der Waals surface area (Å²) in [6, 6.07) is 5.19. The predicted octanol–water partition coefficient (Wildman–Crippen LogP) is 1.09. The fourth-order valence-electron chi connectivity index (χ4n) is 1.60. The molecule has 0 fully saturated rings. The molecule has 108 valence electrons. The predicted molar refractivity (Wildman–Crippen MR) is 75.5 cm³/mol. The summed E-state index contributed by atoms with van der Waals surface area (Å²) in [6.45, 7) is 3.86. The molecule has 5 nitrogen and oxygen atoms in total. The van der Waals surface area contributed by atoms with Crippen LogP contribution in [-0.2, 0) is 11.4 Å². The van der Waals surface area contributed by atoms with Gasteiger partial charge in [-0.15, -0.1) is 6.42 Å². The first-order chi connectivity index (χ1) is 9.63. The Morgan fingerprint density at radius 2 is 2.30 bits per heavy atom. The number of carbonyl (C=O) groups excluding carboxylic acids is 1. The summed E-state index contributed by atoms with van der Waals surface area (Å²) in [5.74, 6) is 2.87. The molecule has 1 aromatic carbocycles. The average Bonchev–Trinajstić information content (AvgIpc) is 2.46. The molecule has 0 saturated heterocycles. The summed E-state index contributed by atoms with van der Waals surface area (Å²) >= 11 is 0. The second-order valence-corrected chi connectivity index (χ2v) is 4.02. The molecule has 0 spiro atoms. The topological polar surface area (TPSA) is 67.8 Å². The highest BCUT2D eigenvalue weighted by Gasteiger charge is 2.18. The lowest BCUT2D eigenvalue weighted by molar-refractivity contribution is -0.127. The van der Waals surface area contributed by atoms with Gasteiger partial charge in [0.25, 0.3) is 5.91 Å². The van der Waals surface area contributed by atoms with E-state index in [0.29, 0.717) is 23.7 Å². The van der Waals surface area contributed by atoms with Crippen LogP contribution in [-0.4, -0.2) is 30.3 Å². The normalized spacial score (nSPS) is 11.3. The zero-order valence-electron chi connectivity index (χ0n) is 11.7. The highest BCUT2D eigenvalue weighted by atomic mass is 16.5. The third-order valence-corrected chi connectivity index (χ3v) is 2.56. The molecule has 0 radical (unpaired) electrons. The Bertz CT molecular complexity index is 493. The summed E-state index contributed by atoms with van der Waals surface area (Å²) in [4.78, 5) is 11.7. The molecule has 2 N–H and O–H groups in total. The van der Waals surface area contributed by atoms with Crippen LogP contribution in [0.1, 0.15) is 19.4 Å². The number of hydrogen-bond acceptors (Lipinski definition) is 4. The van der Waals surface area contributed by atoms with Crippen LogP contribution in [0.25, 0.3) is 0 Å². The molecular formula is C15H19NO4. The van der Waals surface area contributed by atoms with Crippen molar-refractivity contribution in [2.75, 3.05) is 13.2 Å². The first-order valence-corrected chi connectivity index (χ1v) is 6.37. The SMILES string of the molecule is C#CCNC(=O)C(C)Oc1c(CO)cccc1OCC. The third-order valence-electron chi connectivity index (χ3n) is 2.56. The molecule has 1 amide bonds. The van der Waals surface area contributed by atoms with E-state index < -0.39 is 6.10 Å². The first-order valence-electron chi connectivity index (χ1n) is 6.37. The molecule has 0 saturated carbocycles. The fourth-order valence-corrected chi connectivity index (χ4v) is 1.60. The van der Waals surface area contributed by atoms with Crippen LogP contribution in [0.4, 0.5) is 0 Å². The number of para-hydroxylation sites is 1. The lowest BCUT2D eigenvalue weighted by Crippen LogP contribution is -2.36. The van der Waals surface area contributed by atoms with Gasteiger partial charge in [0.2, 0.25) is 0 Å². The lowest BCUT2D eigenvalue weighted by atomic mass is 10.2. The van der Waals surface area contributed by atoms with Crippen LogP contribution >= 0.6 is 0 Å². The van der Waals surface area contributed by atoms with Crippen molar-refractivity contribution < 1.29 is 19.4 Å². The molecule has 0 aromatic heterocycles. The molecule has 0 bridgehead atoms. The maximum absolute atomic E-state index is 11.7. The van der Waals surface area contributed by atoms with Crippen molar-refractivity contribution in [3.05, 3.63) is 23.8 Å². The van der Waals surface area contributed by atoms with Gasteiger partial charge in [-0.05, 0) is 19.9 Å². The Balaban J connectivity index is 2.89. The van der Waals surface area contributed by atoms with Gasteiger partial charge in [0, 0.05) is 5.56 Å². The van der Waals surface area contributed by atoms with E-state index in [4.69, 9.17) is 15.9 Å². The zero-order valence-corrected chi connectivity index (χ0v) is 11.7. The average molecular weight is 277 g/mol. The van der Waals surface area contributed by atoms with E-state index in [0.717, 1.165) is 0 Å². The van der Waals surface area contributed by atoms with Crippen molar-refractivity contribution in [3.8, 4) is 23.8 Å². The molecule has 5 heteroatoms. The van der Waals surface area contributed by atoms with Crippen molar-refractivity contribution in [1.82, 2.24) is 5.32 Å². The number of carbonyl (C=O) groups is 1. The number of hydrogen-bond donors (Lipinski definition) is 2. The van der Waals surface area contributed by atoms with E-state index in [-0.39, 0.29) is 19.1 Å². The Morgan fingerprint density at radius 3 is 2.90 bits per heavy atom. The van der Waals surface area contributed by atoms with E-state index >= 15 is 0 Å². The van der Waals surface area contributed by atoms with Crippen LogP contribution in [0.5, 0.6) is 11.5 Å². The number of aliphatic hydroxyl groups excluding tert-OH is 1. The summed E-state index contributed by atoms with van der Waals surface area (Å²) in [7, 11) is 0. The largest absolute Gasteiger partial charge is 0.490 e. The van der Waals surface area contributed by atoms with Crippen LogP contribution in [0.3, 0.4) is 0 Å². The molecule has 1 rings (SSSR count). The molecular weight excluding hydrogens is 258 g/mol. The molecule has 0 aliphatic rings. The summed E-state index contributed by atoms with van der Waals surface area (Å²) in [6.07, 6.45) is 4.34. The number of aliphatic hydroxyl groups is 1. The maximum atomic E-state index is 11.7. The van der Waals surface area contributed by atoms with Gasteiger partial charge in [-0.1, -0.05) is 18.1 Å². The van der Waals surface area contributed by atoms with Gasteiger partial charge >= 0.3 is 0 Å². The van der Waals surface area contributed by atoms with Crippen molar-refractivity contribution in [1.29, 1.82) is 0 Å². The van der Waals surface area contributed by atoms with Crippen molar-refractivity contribution in [2.45, 2.75) is 26.6 Å². The van der Waals surface area contributed by atoms with Gasteiger partial charge in [-0.2, -0.15) is 0 Å². The van der Waals surface area contributed by atoms with Gasteiger partial charge in [-0.3, -0.25) is 4.79 Å². The van der Waals surface area contributed by atoms with Crippen molar-refractivity contribution >= 4 is 5.91 Å². The van der Waals surface area contributed by atoms with E-state index in [1.165, 1.54) is 0 Å². The highest BCUT2D eigenvalue weighted by Crippen LogP contribution is 2.32. The van der Waals surface area contributed by atoms with Crippen LogP contribution in [0, 0.1) is 12.3 Å².